The molecule has 1 aliphatic rings. The Labute approximate surface area is 159 Å². The van der Waals surface area contributed by atoms with Crippen molar-refractivity contribution in [1.29, 1.82) is 0 Å². The van der Waals surface area contributed by atoms with Crippen molar-refractivity contribution in [1.82, 2.24) is 4.90 Å². The fourth-order valence-corrected chi connectivity index (χ4v) is 3.87. The van der Waals surface area contributed by atoms with E-state index < -0.39 is 20.2 Å². The SMILES string of the molecule is COc1cc2c(cc1OC)/C(=C/C[Si](C)(C)C)CN(C(=O)C(F)(F)F)CC2. The molecule has 8 heteroatoms. The monoisotopic (exact) mass is 401 g/mol. The first-order valence-electron chi connectivity index (χ1n) is 8.76. The van der Waals surface area contributed by atoms with Gasteiger partial charge in [0.15, 0.2) is 11.5 Å². The highest BCUT2D eigenvalue weighted by molar-refractivity contribution is 6.76. The lowest BCUT2D eigenvalue weighted by molar-refractivity contribution is -0.184. The number of methoxy groups -OCH3 is 2. The van der Waals surface area contributed by atoms with Crippen molar-refractivity contribution in [3.05, 3.63) is 29.3 Å². The maximum Gasteiger partial charge on any atom is 0.471 e. The van der Waals surface area contributed by atoms with Gasteiger partial charge in [0.25, 0.3) is 0 Å². The lowest BCUT2D eigenvalue weighted by Crippen LogP contribution is -2.42. The molecule has 0 unspecified atom stereocenters. The summed E-state index contributed by atoms with van der Waals surface area (Å²) in [6.07, 6.45) is -2.57. The zero-order valence-electron chi connectivity index (χ0n) is 16.4. The minimum atomic E-state index is -4.88. The average Bonchev–Trinajstić information content (AvgIpc) is 2.75. The van der Waals surface area contributed by atoms with Crippen LogP contribution in [0.2, 0.25) is 25.7 Å². The van der Waals surface area contributed by atoms with Crippen molar-refractivity contribution < 1.29 is 27.4 Å². The van der Waals surface area contributed by atoms with E-state index in [9.17, 15) is 18.0 Å². The van der Waals surface area contributed by atoms with Crippen LogP contribution in [0.1, 0.15) is 11.1 Å². The third-order valence-corrected chi connectivity index (χ3v) is 5.89. The number of alkyl halides is 3. The van der Waals surface area contributed by atoms with Gasteiger partial charge in [0, 0.05) is 21.2 Å². The molecule has 1 aromatic carbocycles. The predicted molar refractivity (Wildman–Crippen MR) is 102 cm³/mol. The molecule has 27 heavy (non-hydrogen) atoms. The van der Waals surface area contributed by atoms with Crippen molar-refractivity contribution in [2.75, 3.05) is 27.3 Å². The maximum absolute atomic E-state index is 13.0. The molecule has 4 nitrogen and oxygen atoms in total. The van der Waals surface area contributed by atoms with Gasteiger partial charge in [-0.25, -0.2) is 0 Å². The topological polar surface area (TPSA) is 38.8 Å². The summed E-state index contributed by atoms with van der Waals surface area (Å²) in [7, 11) is 1.57. The summed E-state index contributed by atoms with van der Waals surface area (Å²) in [5, 5.41) is 0. The van der Waals surface area contributed by atoms with E-state index in [1.54, 1.807) is 12.1 Å². The van der Waals surface area contributed by atoms with E-state index in [1.165, 1.54) is 14.2 Å². The van der Waals surface area contributed by atoms with Crippen LogP contribution in [-0.2, 0) is 11.2 Å². The Morgan fingerprint density at radius 2 is 1.78 bits per heavy atom. The summed E-state index contributed by atoms with van der Waals surface area (Å²) in [4.78, 5) is 12.7. The van der Waals surface area contributed by atoms with Crippen LogP contribution >= 0.6 is 0 Å². The third kappa shape index (κ3) is 5.28. The van der Waals surface area contributed by atoms with Gasteiger partial charge in [0.1, 0.15) is 0 Å². The van der Waals surface area contributed by atoms with E-state index in [2.05, 4.69) is 19.6 Å². The van der Waals surface area contributed by atoms with E-state index in [-0.39, 0.29) is 13.1 Å². The number of amides is 1. The van der Waals surface area contributed by atoms with Gasteiger partial charge in [-0.3, -0.25) is 4.79 Å². The number of halogens is 3. The molecule has 2 rings (SSSR count). The Balaban J connectivity index is 2.52. The van der Waals surface area contributed by atoms with Crippen LogP contribution in [0.3, 0.4) is 0 Å². The number of hydrogen-bond donors (Lipinski definition) is 0. The molecule has 0 saturated carbocycles. The van der Waals surface area contributed by atoms with Crippen molar-refractivity contribution in [3.63, 3.8) is 0 Å². The van der Waals surface area contributed by atoms with E-state index in [0.717, 1.165) is 27.6 Å². The van der Waals surface area contributed by atoms with Crippen molar-refractivity contribution >= 4 is 19.6 Å². The highest BCUT2D eigenvalue weighted by atomic mass is 28.3. The molecule has 0 aromatic heterocycles. The minimum absolute atomic E-state index is 0.00507. The number of rotatable bonds is 4. The lowest BCUT2D eigenvalue weighted by Gasteiger charge is -2.23. The molecule has 0 saturated heterocycles. The van der Waals surface area contributed by atoms with Crippen LogP contribution in [0.5, 0.6) is 11.5 Å². The molecule has 150 valence electrons. The summed E-state index contributed by atoms with van der Waals surface area (Å²) in [5.74, 6) is -0.754. The fraction of sp³-hybridized carbons (Fsp3) is 0.526. The molecule has 0 atom stereocenters. The molecule has 1 heterocycles. The van der Waals surface area contributed by atoms with Gasteiger partial charge in [-0.2, -0.15) is 13.2 Å². The predicted octanol–water partition coefficient (Wildman–Crippen LogP) is 4.37. The largest absolute Gasteiger partial charge is 0.493 e. The molecule has 1 aromatic rings. The molecule has 0 bridgehead atoms. The molecule has 0 spiro atoms. The Morgan fingerprint density at radius 1 is 1.19 bits per heavy atom. The second-order valence-electron chi connectivity index (χ2n) is 7.83. The third-order valence-electron chi connectivity index (χ3n) is 4.46. The number of benzene rings is 1. The first-order valence-corrected chi connectivity index (χ1v) is 12.5. The summed E-state index contributed by atoms with van der Waals surface area (Å²) in [6, 6.07) is 4.40. The number of nitrogens with zero attached hydrogens (tertiary/aromatic N) is 1. The van der Waals surface area contributed by atoms with Gasteiger partial charge in [-0.15, -0.1) is 0 Å². The van der Waals surface area contributed by atoms with Gasteiger partial charge in [0.2, 0.25) is 0 Å². The number of hydrogen-bond acceptors (Lipinski definition) is 3. The first-order chi connectivity index (χ1) is 12.5. The molecule has 1 aliphatic heterocycles. The number of fused-ring (bicyclic) bond motifs is 1. The van der Waals surface area contributed by atoms with Gasteiger partial charge < -0.3 is 14.4 Å². The van der Waals surface area contributed by atoms with Crippen LogP contribution in [-0.4, -0.2) is 52.4 Å². The summed E-state index contributed by atoms with van der Waals surface area (Å²) >= 11 is 0. The van der Waals surface area contributed by atoms with Crippen molar-refractivity contribution in [3.8, 4) is 11.5 Å². The van der Waals surface area contributed by atoms with Crippen LogP contribution in [0.4, 0.5) is 13.2 Å². The van der Waals surface area contributed by atoms with E-state index in [0.29, 0.717) is 17.9 Å². The molecular weight excluding hydrogens is 375 g/mol. The van der Waals surface area contributed by atoms with E-state index in [1.807, 2.05) is 6.08 Å². The maximum atomic E-state index is 13.0. The number of carbonyl (C=O) groups is 1. The Bertz CT molecular complexity index is 739. The normalized spacial score (nSPS) is 16.7. The quantitative estimate of drug-likeness (QED) is 0.703. The van der Waals surface area contributed by atoms with Gasteiger partial charge in [-0.1, -0.05) is 25.7 Å². The summed E-state index contributed by atoms with van der Waals surface area (Å²) < 4.78 is 49.7. The second kappa shape index (κ2) is 7.96. The summed E-state index contributed by atoms with van der Waals surface area (Å²) in [6.45, 7) is 6.51. The number of ether oxygens (including phenoxy) is 2. The zero-order chi connectivity index (χ0) is 20.4. The van der Waals surface area contributed by atoms with E-state index in [4.69, 9.17) is 9.47 Å². The molecule has 0 radical (unpaired) electrons. The zero-order valence-corrected chi connectivity index (χ0v) is 17.4. The highest BCUT2D eigenvalue weighted by Gasteiger charge is 2.43. The van der Waals surface area contributed by atoms with Crippen LogP contribution in [0.15, 0.2) is 18.2 Å². The molecule has 0 N–H and O–H groups in total. The van der Waals surface area contributed by atoms with E-state index >= 15 is 0 Å². The van der Waals surface area contributed by atoms with Crippen LogP contribution in [0.25, 0.3) is 5.57 Å². The Kier molecular flexibility index (Phi) is 6.29. The fourth-order valence-electron chi connectivity index (χ4n) is 3.01. The smallest absolute Gasteiger partial charge is 0.471 e. The Hall–Kier alpha value is -1.96. The molecule has 0 fully saturated rings. The van der Waals surface area contributed by atoms with Crippen molar-refractivity contribution in [2.24, 2.45) is 0 Å². The Morgan fingerprint density at radius 3 is 2.30 bits per heavy atom. The van der Waals surface area contributed by atoms with Crippen molar-refractivity contribution in [2.45, 2.75) is 38.3 Å². The number of carbonyl (C=O) groups excluding carboxylic acids is 1. The van der Waals surface area contributed by atoms with Gasteiger partial charge in [-0.05, 0) is 41.3 Å². The average molecular weight is 402 g/mol. The molecular formula is C19H26F3NO3Si. The minimum Gasteiger partial charge on any atom is -0.493 e. The molecule has 1 amide bonds. The van der Waals surface area contributed by atoms with Crippen LogP contribution in [0, 0.1) is 0 Å². The van der Waals surface area contributed by atoms with Gasteiger partial charge in [0.05, 0.1) is 14.2 Å². The highest BCUT2D eigenvalue weighted by Crippen LogP contribution is 2.37. The lowest BCUT2D eigenvalue weighted by atomic mass is 9.98. The van der Waals surface area contributed by atoms with Gasteiger partial charge >= 0.3 is 12.1 Å². The molecule has 0 aliphatic carbocycles. The number of allylic oxidation sites excluding steroid dienone is 1. The summed E-state index contributed by atoms with van der Waals surface area (Å²) in [5.41, 5.74) is 2.40. The first kappa shape index (κ1) is 21.3. The second-order valence-corrected chi connectivity index (χ2v) is 13.4. The van der Waals surface area contributed by atoms with Crippen LogP contribution < -0.4 is 9.47 Å². The standard InChI is InChI=1S/C19H26F3NO3Si/c1-25-16-10-13-6-8-23(18(24)19(20,21)22)12-14(7-9-27(3,4)5)15(13)11-17(16)26-2/h7,10-11H,6,8-9,12H2,1-5H3/b14-7+.